The third kappa shape index (κ3) is 5.60. The third-order valence-electron chi connectivity index (χ3n) is 7.84. The molecule has 202 valence electrons. The molecule has 10 nitrogen and oxygen atoms in total. The molecular formula is C28H36N6O4. The number of rotatable bonds is 8. The Morgan fingerprint density at radius 1 is 1.00 bits per heavy atom. The van der Waals surface area contributed by atoms with Crippen molar-refractivity contribution in [3.05, 3.63) is 41.9 Å². The summed E-state index contributed by atoms with van der Waals surface area (Å²) in [6.07, 6.45) is 11.1. The first-order chi connectivity index (χ1) is 18.6. The molecule has 0 spiro atoms. The van der Waals surface area contributed by atoms with Crippen molar-refractivity contribution in [1.29, 1.82) is 0 Å². The van der Waals surface area contributed by atoms with Crippen LogP contribution in [-0.4, -0.2) is 59.9 Å². The number of ether oxygens (including phenoxy) is 2. The number of hydrogen-bond acceptors (Lipinski definition) is 9. The van der Waals surface area contributed by atoms with Crippen molar-refractivity contribution in [2.45, 2.75) is 50.9 Å². The predicted molar refractivity (Wildman–Crippen MR) is 145 cm³/mol. The highest BCUT2D eigenvalue weighted by atomic mass is 16.5. The molecular weight excluding hydrogens is 484 g/mol. The van der Waals surface area contributed by atoms with Gasteiger partial charge in [-0.15, -0.1) is 0 Å². The molecule has 2 aliphatic rings. The Balaban J connectivity index is 1.29. The largest absolute Gasteiger partial charge is 0.493 e. The van der Waals surface area contributed by atoms with Crippen LogP contribution < -0.4 is 25.2 Å². The predicted octanol–water partition coefficient (Wildman–Crippen LogP) is 4.54. The van der Waals surface area contributed by atoms with Crippen molar-refractivity contribution < 1.29 is 19.5 Å². The first kappa shape index (κ1) is 26.0. The summed E-state index contributed by atoms with van der Waals surface area (Å²) >= 11 is 0. The number of anilines is 2. The summed E-state index contributed by atoms with van der Waals surface area (Å²) in [6, 6.07) is 6.26. The lowest BCUT2D eigenvalue weighted by Crippen LogP contribution is -2.37. The van der Waals surface area contributed by atoms with E-state index in [0.717, 1.165) is 54.8 Å². The minimum absolute atomic E-state index is 0.224. The van der Waals surface area contributed by atoms with E-state index in [2.05, 4.69) is 26.3 Å². The fraction of sp³-hybridized carbons (Fsp3) is 0.500. The lowest BCUT2D eigenvalue weighted by Gasteiger charge is -2.32. The second-order valence-corrected chi connectivity index (χ2v) is 10.2. The molecule has 1 aliphatic heterocycles. The van der Waals surface area contributed by atoms with Crippen LogP contribution in [0.1, 0.15) is 66.9 Å². The van der Waals surface area contributed by atoms with Crippen LogP contribution in [-0.2, 0) is 0 Å². The van der Waals surface area contributed by atoms with E-state index in [1.54, 1.807) is 19.7 Å². The summed E-state index contributed by atoms with van der Waals surface area (Å²) < 4.78 is 11.2. The number of carbonyl (C=O) groups is 1. The summed E-state index contributed by atoms with van der Waals surface area (Å²) in [5, 5.41) is 13.6. The molecule has 1 aliphatic carbocycles. The maximum atomic E-state index is 11.5. The molecule has 1 aromatic carbocycles. The number of hydroxylamine groups is 1. The van der Waals surface area contributed by atoms with Crippen LogP contribution in [0.25, 0.3) is 10.9 Å². The Bertz CT molecular complexity index is 1250. The van der Waals surface area contributed by atoms with E-state index in [4.69, 9.17) is 19.7 Å². The first-order valence-electron chi connectivity index (χ1n) is 13.4. The number of piperidine rings is 1. The quantitative estimate of drug-likeness (QED) is 0.290. The highest BCUT2D eigenvalue weighted by Gasteiger charge is 2.23. The molecule has 0 atom stereocenters. The smallest absolute Gasteiger partial charge is 0.277 e. The minimum atomic E-state index is -0.618. The van der Waals surface area contributed by atoms with Gasteiger partial charge in [-0.05, 0) is 43.7 Å². The Labute approximate surface area is 222 Å². The van der Waals surface area contributed by atoms with Crippen LogP contribution in [0.4, 0.5) is 11.6 Å². The van der Waals surface area contributed by atoms with Gasteiger partial charge < -0.3 is 19.7 Å². The molecule has 3 aromatic rings. The third-order valence-corrected chi connectivity index (χ3v) is 7.84. The SMILES string of the molecule is COc1cc2nc(C3CCCCC3)cc(NCC3CCN(c4ncc(C(=O)NO)cn4)CC3)c2cc1OC. The van der Waals surface area contributed by atoms with Crippen LogP contribution in [0.5, 0.6) is 11.5 Å². The zero-order valence-corrected chi connectivity index (χ0v) is 22.1. The van der Waals surface area contributed by atoms with Gasteiger partial charge in [0, 0.05) is 60.8 Å². The summed E-state index contributed by atoms with van der Waals surface area (Å²) in [6.45, 7) is 2.54. The van der Waals surface area contributed by atoms with Gasteiger partial charge in [0.05, 0.1) is 25.3 Å². The fourth-order valence-corrected chi connectivity index (χ4v) is 5.58. The minimum Gasteiger partial charge on any atom is -0.493 e. The molecule has 3 N–H and O–H groups in total. The van der Waals surface area contributed by atoms with Crippen molar-refractivity contribution in [2.75, 3.05) is 44.1 Å². The average Bonchev–Trinajstić information content (AvgIpc) is 2.99. The normalized spacial score (nSPS) is 16.9. The number of nitrogens with one attached hydrogen (secondary N) is 2. The number of carbonyl (C=O) groups excluding carboxylic acids is 1. The number of methoxy groups -OCH3 is 2. The molecule has 2 fully saturated rings. The van der Waals surface area contributed by atoms with Crippen molar-refractivity contribution in [2.24, 2.45) is 5.92 Å². The number of nitrogens with zero attached hydrogens (tertiary/aromatic N) is 4. The zero-order chi connectivity index (χ0) is 26.5. The van der Waals surface area contributed by atoms with Gasteiger partial charge in [-0.2, -0.15) is 0 Å². The van der Waals surface area contributed by atoms with E-state index < -0.39 is 5.91 Å². The van der Waals surface area contributed by atoms with Gasteiger partial charge in [-0.25, -0.2) is 15.4 Å². The molecule has 38 heavy (non-hydrogen) atoms. The van der Waals surface area contributed by atoms with Crippen molar-refractivity contribution in [3.63, 3.8) is 0 Å². The number of amides is 1. The highest BCUT2D eigenvalue weighted by Crippen LogP contribution is 2.39. The van der Waals surface area contributed by atoms with E-state index in [9.17, 15) is 4.79 Å². The maximum Gasteiger partial charge on any atom is 0.277 e. The molecule has 0 bridgehead atoms. The zero-order valence-electron chi connectivity index (χ0n) is 22.1. The topological polar surface area (TPSA) is 122 Å². The lowest BCUT2D eigenvalue weighted by molar-refractivity contribution is 0.0705. The van der Waals surface area contributed by atoms with E-state index in [-0.39, 0.29) is 5.56 Å². The van der Waals surface area contributed by atoms with Crippen molar-refractivity contribution in [1.82, 2.24) is 20.4 Å². The van der Waals surface area contributed by atoms with Gasteiger partial charge >= 0.3 is 0 Å². The average molecular weight is 521 g/mol. The second kappa shape index (κ2) is 11.8. The fourth-order valence-electron chi connectivity index (χ4n) is 5.58. The van der Waals surface area contributed by atoms with E-state index in [1.807, 2.05) is 12.1 Å². The van der Waals surface area contributed by atoms with Gasteiger partial charge in [0.1, 0.15) is 0 Å². The first-order valence-corrected chi connectivity index (χ1v) is 13.4. The van der Waals surface area contributed by atoms with E-state index in [0.29, 0.717) is 29.3 Å². The Kier molecular flexibility index (Phi) is 8.07. The van der Waals surface area contributed by atoms with Gasteiger partial charge in [0.2, 0.25) is 5.95 Å². The highest BCUT2D eigenvalue weighted by molar-refractivity contribution is 5.94. The van der Waals surface area contributed by atoms with Crippen molar-refractivity contribution in [3.8, 4) is 11.5 Å². The van der Waals surface area contributed by atoms with Crippen LogP contribution in [0.15, 0.2) is 30.6 Å². The number of hydrogen-bond donors (Lipinski definition) is 3. The van der Waals surface area contributed by atoms with Crippen LogP contribution in [0.2, 0.25) is 0 Å². The molecule has 1 saturated carbocycles. The number of fused-ring (bicyclic) bond motifs is 1. The standard InChI is InChI=1S/C28H36N6O4/c1-37-25-12-21-23(13-22(19-6-4-3-5-7-19)32-24(21)14-26(25)38-2)29-15-18-8-10-34(11-9-18)28-30-16-20(17-31-28)27(35)33-36/h12-14,16-19,36H,3-11,15H2,1-2H3,(H,29,32)(H,33,35). The van der Waals surface area contributed by atoms with Crippen LogP contribution in [0.3, 0.4) is 0 Å². The summed E-state index contributed by atoms with van der Waals surface area (Å²) in [4.78, 5) is 27.3. The molecule has 2 aromatic heterocycles. The Morgan fingerprint density at radius 3 is 2.34 bits per heavy atom. The molecule has 0 unspecified atom stereocenters. The molecule has 10 heteroatoms. The Morgan fingerprint density at radius 2 is 1.68 bits per heavy atom. The maximum absolute atomic E-state index is 11.5. The lowest BCUT2D eigenvalue weighted by atomic mass is 9.86. The monoisotopic (exact) mass is 520 g/mol. The van der Waals surface area contributed by atoms with Crippen LogP contribution in [0, 0.1) is 5.92 Å². The summed E-state index contributed by atoms with van der Waals surface area (Å²) in [7, 11) is 3.32. The molecule has 0 radical (unpaired) electrons. The summed E-state index contributed by atoms with van der Waals surface area (Å²) in [5.74, 6) is 2.38. The number of benzene rings is 1. The second-order valence-electron chi connectivity index (χ2n) is 10.2. The van der Waals surface area contributed by atoms with Crippen molar-refractivity contribution >= 4 is 28.4 Å². The van der Waals surface area contributed by atoms with Gasteiger partial charge in [0.15, 0.2) is 11.5 Å². The van der Waals surface area contributed by atoms with Crippen LogP contribution >= 0.6 is 0 Å². The number of pyridine rings is 1. The van der Waals surface area contributed by atoms with E-state index in [1.165, 1.54) is 44.5 Å². The van der Waals surface area contributed by atoms with Gasteiger partial charge in [-0.1, -0.05) is 19.3 Å². The van der Waals surface area contributed by atoms with E-state index >= 15 is 0 Å². The Hall–Kier alpha value is -3.66. The van der Waals surface area contributed by atoms with Gasteiger partial charge in [0.25, 0.3) is 5.91 Å². The molecule has 3 heterocycles. The number of aromatic nitrogens is 3. The molecule has 1 amide bonds. The molecule has 1 saturated heterocycles. The molecule has 5 rings (SSSR count). The van der Waals surface area contributed by atoms with Gasteiger partial charge in [-0.3, -0.25) is 15.0 Å². The summed E-state index contributed by atoms with van der Waals surface area (Å²) in [5.41, 5.74) is 5.02.